The summed E-state index contributed by atoms with van der Waals surface area (Å²) in [6, 6.07) is 7.43. The van der Waals surface area contributed by atoms with Crippen LogP contribution < -0.4 is 4.74 Å². The van der Waals surface area contributed by atoms with Crippen molar-refractivity contribution in [2.45, 2.75) is 38.2 Å². The number of Topliss-reactive ketones (excluding diaryl/α,β-unsaturated/α-hetero) is 1. The molecule has 0 N–H and O–H groups in total. The number of benzene rings is 1. The summed E-state index contributed by atoms with van der Waals surface area (Å²) < 4.78 is 11.4. The van der Waals surface area contributed by atoms with E-state index in [1.165, 1.54) is 0 Å². The van der Waals surface area contributed by atoms with Crippen LogP contribution in [0.5, 0.6) is 5.75 Å². The molecule has 3 rings (SSSR count). The van der Waals surface area contributed by atoms with E-state index >= 15 is 0 Å². The summed E-state index contributed by atoms with van der Waals surface area (Å²) in [6.07, 6.45) is 2.72. The number of hydrogen-bond acceptors (Lipinski definition) is 4. The molecule has 5 nitrogen and oxygen atoms in total. The summed E-state index contributed by atoms with van der Waals surface area (Å²) in [4.78, 5) is 26.4. The van der Waals surface area contributed by atoms with Gasteiger partial charge in [0, 0.05) is 26.1 Å². The zero-order valence-electron chi connectivity index (χ0n) is 13.5. The molecular formula is C18H23NO4. The van der Waals surface area contributed by atoms with E-state index in [1.54, 1.807) is 0 Å². The Balaban J connectivity index is 1.71. The monoisotopic (exact) mass is 317 g/mol. The summed E-state index contributed by atoms with van der Waals surface area (Å²) in [6.45, 7) is 3.86. The minimum absolute atomic E-state index is 0.0198. The lowest BCUT2D eigenvalue weighted by Crippen LogP contribution is -2.43. The minimum Gasteiger partial charge on any atom is -0.486 e. The van der Waals surface area contributed by atoms with E-state index in [2.05, 4.69) is 0 Å². The Morgan fingerprint density at radius 2 is 2.13 bits per heavy atom. The van der Waals surface area contributed by atoms with Gasteiger partial charge in [-0.2, -0.15) is 0 Å². The molecule has 0 aromatic heterocycles. The normalized spacial score (nSPS) is 24.0. The summed E-state index contributed by atoms with van der Waals surface area (Å²) in [7, 11) is 0. The molecule has 0 saturated carbocycles. The van der Waals surface area contributed by atoms with Gasteiger partial charge >= 0.3 is 0 Å². The Kier molecular flexibility index (Phi) is 4.66. The van der Waals surface area contributed by atoms with Crippen LogP contribution in [0.15, 0.2) is 24.3 Å². The summed E-state index contributed by atoms with van der Waals surface area (Å²) >= 11 is 0. The zero-order valence-corrected chi connectivity index (χ0v) is 13.5. The highest BCUT2D eigenvalue weighted by atomic mass is 16.5. The topological polar surface area (TPSA) is 55.8 Å². The molecule has 2 aliphatic rings. The number of ketones is 1. The minimum atomic E-state index is -0.466. The Morgan fingerprint density at radius 1 is 1.30 bits per heavy atom. The number of carbonyl (C=O) groups excluding carboxylic acids is 2. The molecular weight excluding hydrogens is 294 g/mol. The number of rotatable bonds is 3. The Hall–Kier alpha value is -1.88. The number of carbonyl (C=O) groups is 2. The molecule has 5 heteroatoms. The van der Waals surface area contributed by atoms with Crippen LogP contribution in [0.3, 0.4) is 0 Å². The number of fused-ring (bicyclic) bond motifs is 1. The molecule has 1 aromatic carbocycles. The molecule has 1 amide bonds. The van der Waals surface area contributed by atoms with Crippen LogP contribution in [0.1, 0.15) is 43.0 Å². The highest BCUT2D eigenvalue weighted by Crippen LogP contribution is 2.39. The second-order valence-electron chi connectivity index (χ2n) is 6.25. The molecule has 0 radical (unpaired) electrons. The van der Waals surface area contributed by atoms with Crippen molar-refractivity contribution in [3.05, 3.63) is 29.8 Å². The van der Waals surface area contributed by atoms with Crippen LogP contribution in [0, 0.1) is 0 Å². The van der Waals surface area contributed by atoms with Gasteiger partial charge in [-0.1, -0.05) is 12.1 Å². The van der Waals surface area contributed by atoms with E-state index in [0.717, 1.165) is 12.8 Å². The van der Waals surface area contributed by atoms with Crippen LogP contribution >= 0.6 is 0 Å². The first-order valence-electron chi connectivity index (χ1n) is 8.30. The first kappa shape index (κ1) is 16.0. The Labute approximate surface area is 136 Å². The Bertz CT molecular complexity index is 600. The van der Waals surface area contributed by atoms with E-state index < -0.39 is 5.60 Å². The van der Waals surface area contributed by atoms with Crippen LogP contribution in [-0.2, 0) is 9.53 Å². The number of hydrogen-bond donors (Lipinski definition) is 0. The molecule has 0 bridgehead atoms. The van der Waals surface area contributed by atoms with Crippen molar-refractivity contribution in [3.8, 4) is 5.75 Å². The molecule has 2 aliphatic heterocycles. The van der Waals surface area contributed by atoms with Gasteiger partial charge in [-0.3, -0.25) is 9.59 Å². The lowest BCUT2D eigenvalue weighted by molar-refractivity contribution is -0.136. The van der Waals surface area contributed by atoms with Crippen molar-refractivity contribution in [1.29, 1.82) is 0 Å². The van der Waals surface area contributed by atoms with Crippen molar-refractivity contribution in [2.75, 3.05) is 26.3 Å². The van der Waals surface area contributed by atoms with Gasteiger partial charge in [0.25, 0.3) is 0 Å². The molecule has 1 saturated heterocycles. The van der Waals surface area contributed by atoms with Gasteiger partial charge in [0.05, 0.1) is 12.0 Å². The summed E-state index contributed by atoms with van der Waals surface area (Å²) in [5, 5.41) is 0. The fourth-order valence-corrected chi connectivity index (χ4v) is 3.42. The quantitative estimate of drug-likeness (QED) is 0.859. The second kappa shape index (κ2) is 6.71. The summed E-state index contributed by atoms with van der Waals surface area (Å²) in [5.74, 6) is 0.838. The maximum atomic E-state index is 12.4. The van der Waals surface area contributed by atoms with Gasteiger partial charge < -0.3 is 14.4 Å². The van der Waals surface area contributed by atoms with Gasteiger partial charge in [0.2, 0.25) is 5.91 Å². The largest absolute Gasteiger partial charge is 0.486 e. The molecule has 1 fully saturated rings. The number of nitrogens with zero attached hydrogens (tertiary/aromatic N) is 1. The third-order valence-corrected chi connectivity index (χ3v) is 4.68. The molecule has 2 heterocycles. The fraction of sp³-hybridized carbons (Fsp3) is 0.556. The lowest BCUT2D eigenvalue weighted by Gasteiger charge is -2.37. The lowest BCUT2D eigenvalue weighted by atomic mass is 9.84. The Morgan fingerprint density at radius 3 is 2.96 bits per heavy atom. The van der Waals surface area contributed by atoms with Crippen molar-refractivity contribution < 1.29 is 19.1 Å². The average molecular weight is 317 g/mol. The van der Waals surface area contributed by atoms with Crippen molar-refractivity contribution >= 4 is 11.7 Å². The van der Waals surface area contributed by atoms with Crippen LogP contribution in [0.4, 0.5) is 0 Å². The number of ether oxygens (including phenoxy) is 2. The third-order valence-electron chi connectivity index (χ3n) is 4.68. The van der Waals surface area contributed by atoms with Gasteiger partial charge in [-0.15, -0.1) is 0 Å². The molecule has 1 spiro atoms. The van der Waals surface area contributed by atoms with Crippen LogP contribution in [-0.4, -0.2) is 48.5 Å². The SMILES string of the molecule is CCOCC(=O)N1CCCC2(CC1)CC(=O)c1ccccc1O2. The number of likely N-dealkylation sites (tertiary alicyclic amines) is 1. The van der Waals surface area contributed by atoms with E-state index in [-0.39, 0.29) is 18.3 Å². The molecule has 1 aromatic rings. The fourth-order valence-electron chi connectivity index (χ4n) is 3.42. The highest BCUT2D eigenvalue weighted by molar-refractivity contribution is 6.00. The first-order valence-corrected chi connectivity index (χ1v) is 8.30. The van der Waals surface area contributed by atoms with E-state index in [0.29, 0.717) is 43.9 Å². The predicted octanol–water partition coefficient (Wildman–Crippen LogP) is 2.44. The zero-order chi connectivity index (χ0) is 16.3. The number of amides is 1. The standard InChI is InChI=1S/C18H23NO4/c1-2-22-13-17(21)19-10-5-8-18(9-11-19)12-15(20)14-6-3-4-7-16(14)23-18/h3-4,6-7H,2,5,8-13H2,1H3. The maximum absolute atomic E-state index is 12.4. The average Bonchev–Trinajstić information content (AvgIpc) is 2.75. The van der Waals surface area contributed by atoms with Gasteiger partial charge in [0.15, 0.2) is 5.78 Å². The number of para-hydroxylation sites is 1. The van der Waals surface area contributed by atoms with E-state index in [9.17, 15) is 9.59 Å². The van der Waals surface area contributed by atoms with Gasteiger partial charge in [-0.25, -0.2) is 0 Å². The van der Waals surface area contributed by atoms with Gasteiger partial charge in [-0.05, 0) is 31.9 Å². The van der Waals surface area contributed by atoms with Gasteiger partial charge in [0.1, 0.15) is 18.0 Å². The van der Waals surface area contributed by atoms with Crippen molar-refractivity contribution in [1.82, 2.24) is 4.90 Å². The van der Waals surface area contributed by atoms with Crippen molar-refractivity contribution in [2.24, 2.45) is 0 Å². The highest BCUT2D eigenvalue weighted by Gasteiger charge is 2.41. The molecule has 1 unspecified atom stereocenters. The molecule has 0 aliphatic carbocycles. The van der Waals surface area contributed by atoms with Crippen molar-refractivity contribution in [3.63, 3.8) is 0 Å². The summed E-state index contributed by atoms with van der Waals surface area (Å²) in [5.41, 5.74) is 0.207. The third kappa shape index (κ3) is 3.39. The molecule has 124 valence electrons. The first-order chi connectivity index (χ1) is 11.1. The second-order valence-corrected chi connectivity index (χ2v) is 6.25. The van der Waals surface area contributed by atoms with E-state index in [1.807, 2.05) is 36.1 Å². The predicted molar refractivity (Wildman–Crippen MR) is 85.7 cm³/mol. The maximum Gasteiger partial charge on any atom is 0.248 e. The van der Waals surface area contributed by atoms with Crippen LogP contribution in [0.2, 0.25) is 0 Å². The van der Waals surface area contributed by atoms with Crippen LogP contribution in [0.25, 0.3) is 0 Å². The molecule has 1 atom stereocenters. The molecule has 23 heavy (non-hydrogen) atoms. The van der Waals surface area contributed by atoms with E-state index in [4.69, 9.17) is 9.47 Å². The smallest absolute Gasteiger partial charge is 0.248 e.